The molecule has 2 aromatic carbocycles. The zero-order valence-corrected chi connectivity index (χ0v) is 24.0. The van der Waals surface area contributed by atoms with E-state index in [4.69, 9.17) is 6.42 Å². The third kappa shape index (κ3) is 7.19. The van der Waals surface area contributed by atoms with E-state index in [1.807, 2.05) is 35.2 Å². The Morgan fingerprint density at radius 1 is 1.10 bits per heavy atom. The fourth-order valence-electron chi connectivity index (χ4n) is 5.74. The van der Waals surface area contributed by atoms with Crippen LogP contribution in [-0.4, -0.2) is 81.2 Å². The number of urea groups is 1. The molecule has 2 heterocycles. The van der Waals surface area contributed by atoms with Crippen LogP contribution in [0.3, 0.4) is 0 Å². The first kappa shape index (κ1) is 29.9. The quantitative estimate of drug-likeness (QED) is 0.410. The SMILES string of the molecule is C#CCN1CC(=O)N2[C@@H](Cc3ccc(O)cc3)C(=O)N(CC(CC)CCCC)C[C@@H]2N1C(=O)NCc1ccccc1. The van der Waals surface area contributed by atoms with Gasteiger partial charge >= 0.3 is 6.03 Å². The zero-order chi connectivity index (χ0) is 29.4. The molecular formula is C32H41N5O4. The number of carbonyl (C=O) groups excluding carboxylic acids is 3. The summed E-state index contributed by atoms with van der Waals surface area (Å²) in [5.41, 5.74) is 1.76. The van der Waals surface area contributed by atoms with Crippen molar-refractivity contribution in [3.63, 3.8) is 0 Å². The number of rotatable bonds is 11. The Labute approximate surface area is 243 Å². The van der Waals surface area contributed by atoms with Crippen molar-refractivity contribution in [1.82, 2.24) is 25.1 Å². The van der Waals surface area contributed by atoms with E-state index >= 15 is 0 Å². The Morgan fingerprint density at radius 3 is 2.49 bits per heavy atom. The van der Waals surface area contributed by atoms with Crippen LogP contribution >= 0.6 is 0 Å². The lowest BCUT2D eigenvalue weighted by Crippen LogP contribution is -2.76. The van der Waals surface area contributed by atoms with Crippen LogP contribution in [0.25, 0.3) is 0 Å². The normalized spacial score (nSPS) is 20.0. The molecule has 0 aromatic heterocycles. The van der Waals surface area contributed by atoms with E-state index in [1.165, 1.54) is 0 Å². The van der Waals surface area contributed by atoms with Gasteiger partial charge in [-0.3, -0.25) is 9.59 Å². The number of nitrogens with zero attached hydrogens (tertiary/aromatic N) is 4. The molecule has 3 atom stereocenters. The number of terminal acetylenes is 1. The molecule has 2 saturated heterocycles. The first-order chi connectivity index (χ1) is 19.9. The van der Waals surface area contributed by atoms with Crippen LogP contribution in [0.1, 0.15) is 50.7 Å². The number of hydrogen-bond donors (Lipinski definition) is 2. The zero-order valence-electron chi connectivity index (χ0n) is 24.0. The molecule has 4 amide bonds. The third-order valence-corrected chi connectivity index (χ3v) is 7.99. The molecule has 2 aromatic rings. The second kappa shape index (κ2) is 14.0. The molecule has 9 heteroatoms. The summed E-state index contributed by atoms with van der Waals surface area (Å²) in [6.45, 7) is 5.36. The summed E-state index contributed by atoms with van der Waals surface area (Å²) in [6.07, 6.45) is 9.34. The Balaban J connectivity index is 1.67. The van der Waals surface area contributed by atoms with Gasteiger partial charge in [0.15, 0.2) is 0 Å². The summed E-state index contributed by atoms with van der Waals surface area (Å²) in [7, 11) is 0. The van der Waals surface area contributed by atoms with E-state index < -0.39 is 12.2 Å². The van der Waals surface area contributed by atoms with Crippen LogP contribution in [-0.2, 0) is 22.6 Å². The predicted molar refractivity (Wildman–Crippen MR) is 157 cm³/mol. The molecule has 0 spiro atoms. The van der Waals surface area contributed by atoms with Gasteiger partial charge in [-0.15, -0.1) is 6.42 Å². The Bertz CT molecular complexity index is 1230. The topological polar surface area (TPSA) is 96.4 Å². The van der Waals surface area contributed by atoms with Gasteiger partial charge in [-0.1, -0.05) is 81.5 Å². The average molecular weight is 560 g/mol. The van der Waals surface area contributed by atoms with E-state index in [2.05, 4.69) is 25.1 Å². The second-order valence-corrected chi connectivity index (χ2v) is 10.8. The van der Waals surface area contributed by atoms with Crippen LogP contribution in [0, 0.1) is 18.3 Å². The number of aromatic hydroxyl groups is 1. The fourth-order valence-corrected chi connectivity index (χ4v) is 5.74. The van der Waals surface area contributed by atoms with Crippen molar-refractivity contribution in [2.75, 3.05) is 26.2 Å². The smallest absolute Gasteiger partial charge is 0.334 e. The van der Waals surface area contributed by atoms with Crippen molar-refractivity contribution < 1.29 is 19.5 Å². The number of benzene rings is 2. The molecule has 41 heavy (non-hydrogen) atoms. The highest BCUT2D eigenvalue weighted by molar-refractivity contribution is 5.91. The van der Waals surface area contributed by atoms with E-state index in [0.717, 1.165) is 36.8 Å². The van der Waals surface area contributed by atoms with E-state index in [1.54, 1.807) is 39.2 Å². The van der Waals surface area contributed by atoms with Gasteiger partial charge in [0.05, 0.1) is 19.6 Å². The number of hydrazine groups is 1. The summed E-state index contributed by atoms with van der Waals surface area (Å²) in [5.74, 6) is 2.67. The molecule has 2 N–H and O–H groups in total. The maximum atomic E-state index is 14.0. The minimum Gasteiger partial charge on any atom is -0.508 e. The second-order valence-electron chi connectivity index (χ2n) is 10.8. The van der Waals surface area contributed by atoms with Crippen LogP contribution in [0.15, 0.2) is 54.6 Å². The largest absolute Gasteiger partial charge is 0.508 e. The molecular weight excluding hydrogens is 518 g/mol. The molecule has 9 nitrogen and oxygen atoms in total. The summed E-state index contributed by atoms with van der Waals surface area (Å²) < 4.78 is 0. The monoisotopic (exact) mass is 559 g/mol. The standard InChI is InChI=1S/C32H41N5O4/c1-4-7-11-24(6-3)21-34-22-29-36(28(31(34)40)19-25-14-16-27(38)17-15-25)30(39)23-35(18-5-2)37(29)32(41)33-20-26-12-9-8-10-13-26/h2,8-10,12-17,24,28-29,38H,4,6-7,11,18-23H2,1,3H3,(H,33,41)/t24?,28-,29-/m0/s1. The van der Waals surface area contributed by atoms with E-state index in [9.17, 15) is 19.5 Å². The number of fused-ring (bicyclic) bond motifs is 1. The highest BCUT2D eigenvalue weighted by atomic mass is 16.3. The van der Waals surface area contributed by atoms with E-state index in [-0.39, 0.29) is 49.7 Å². The van der Waals surface area contributed by atoms with Gasteiger partial charge in [0.2, 0.25) is 11.8 Å². The molecule has 4 rings (SSSR count). The fraction of sp³-hybridized carbons (Fsp3) is 0.469. The highest BCUT2D eigenvalue weighted by Gasteiger charge is 2.51. The molecule has 2 fully saturated rings. The maximum absolute atomic E-state index is 14.0. The van der Waals surface area contributed by atoms with Gasteiger partial charge < -0.3 is 20.2 Å². The van der Waals surface area contributed by atoms with Gasteiger partial charge in [0.25, 0.3) is 0 Å². The van der Waals surface area contributed by atoms with Crippen molar-refractivity contribution in [2.45, 2.75) is 64.7 Å². The molecule has 2 aliphatic rings. The third-order valence-electron chi connectivity index (χ3n) is 7.99. The Morgan fingerprint density at radius 2 is 1.83 bits per heavy atom. The maximum Gasteiger partial charge on any atom is 0.334 e. The van der Waals surface area contributed by atoms with Crippen molar-refractivity contribution in [3.8, 4) is 18.1 Å². The number of phenolic OH excluding ortho intramolecular Hbond substituents is 1. The number of hydrogen-bond acceptors (Lipinski definition) is 5. The average Bonchev–Trinajstić information content (AvgIpc) is 2.97. The van der Waals surface area contributed by atoms with Gasteiger partial charge in [-0.2, -0.15) is 5.01 Å². The van der Waals surface area contributed by atoms with Gasteiger partial charge in [-0.25, -0.2) is 9.80 Å². The first-order valence-electron chi connectivity index (χ1n) is 14.5. The molecule has 0 saturated carbocycles. The van der Waals surface area contributed by atoms with Crippen LogP contribution in [0.5, 0.6) is 5.75 Å². The van der Waals surface area contributed by atoms with Crippen molar-refractivity contribution in [1.29, 1.82) is 0 Å². The minimum absolute atomic E-state index is 0.0828. The Hall–Kier alpha value is -4.03. The van der Waals surface area contributed by atoms with Gasteiger partial charge in [0.1, 0.15) is 18.0 Å². The number of unbranched alkanes of at least 4 members (excludes halogenated alkanes) is 1. The predicted octanol–water partition coefficient (Wildman–Crippen LogP) is 3.59. The molecule has 2 aliphatic heterocycles. The van der Waals surface area contributed by atoms with Crippen molar-refractivity contribution >= 4 is 17.8 Å². The number of amides is 4. The lowest BCUT2D eigenvalue weighted by atomic mass is 9.95. The molecule has 0 radical (unpaired) electrons. The van der Waals surface area contributed by atoms with Crippen LogP contribution in [0.4, 0.5) is 4.79 Å². The lowest BCUT2D eigenvalue weighted by Gasteiger charge is -2.55. The number of piperazine rings is 1. The molecule has 1 unspecified atom stereocenters. The molecule has 218 valence electrons. The van der Waals surface area contributed by atoms with Gasteiger partial charge in [0, 0.05) is 19.5 Å². The molecule has 0 bridgehead atoms. The summed E-state index contributed by atoms with van der Waals surface area (Å²) in [5, 5.41) is 15.9. The van der Waals surface area contributed by atoms with Gasteiger partial charge in [-0.05, 0) is 35.6 Å². The summed E-state index contributed by atoms with van der Waals surface area (Å²) in [4.78, 5) is 44.8. The van der Waals surface area contributed by atoms with Crippen LogP contribution in [0.2, 0.25) is 0 Å². The Kier molecular flexibility index (Phi) is 10.3. The minimum atomic E-state index is -0.785. The first-order valence-corrected chi connectivity index (χ1v) is 14.5. The highest BCUT2D eigenvalue weighted by Crippen LogP contribution is 2.30. The summed E-state index contributed by atoms with van der Waals surface area (Å²) in [6, 6.07) is 15.1. The number of nitrogens with one attached hydrogen (secondary N) is 1. The number of carbonyl (C=O) groups is 3. The van der Waals surface area contributed by atoms with Crippen molar-refractivity contribution in [3.05, 3.63) is 65.7 Å². The van der Waals surface area contributed by atoms with E-state index in [0.29, 0.717) is 19.0 Å². The summed E-state index contributed by atoms with van der Waals surface area (Å²) >= 11 is 0. The van der Waals surface area contributed by atoms with Crippen molar-refractivity contribution in [2.24, 2.45) is 5.92 Å². The van der Waals surface area contributed by atoms with Crippen LogP contribution < -0.4 is 5.32 Å². The number of phenols is 1. The molecule has 0 aliphatic carbocycles. The lowest BCUT2D eigenvalue weighted by molar-refractivity contribution is -0.189.